The van der Waals surface area contributed by atoms with Gasteiger partial charge in [0.25, 0.3) is 0 Å². The van der Waals surface area contributed by atoms with Gasteiger partial charge >= 0.3 is 6.03 Å². The molecule has 0 aromatic heterocycles. The van der Waals surface area contributed by atoms with E-state index in [9.17, 15) is 13.6 Å². The lowest BCUT2D eigenvalue weighted by molar-refractivity contribution is 0.195. The fourth-order valence-corrected chi connectivity index (χ4v) is 3.19. The number of benzene rings is 2. The molecule has 2 aromatic carbocycles. The maximum Gasteiger partial charge on any atom is 0.321 e. The summed E-state index contributed by atoms with van der Waals surface area (Å²) in [6, 6.07) is 8.16. The topological polar surface area (TPSA) is 62.8 Å². The van der Waals surface area contributed by atoms with E-state index in [1.54, 1.807) is 25.2 Å². The van der Waals surface area contributed by atoms with Crippen LogP contribution in [0.5, 0.6) is 11.5 Å². The molecule has 1 atom stereocenters. The number of likely N-dealkylation sites (tertiary alicyclic amines) is 1. The summed E-state index contributed by atoms with van der Waals surface area (Å²) in [4.78, 5) is 14.1. The fraction of sp³-hybridized carbons (Fsp3) is 0.350. The second kappa shape index (κ2) is 8.77. The van der Waals surface area contributed by atoms with E-state index in [-0.39, 0.29) is 11.7 Å². The summed E-state index contributed by atoms with van der Waals surface area (Å²) in [5.74, 6) is -0.159. The van der Waals surface area contributed by atoms with E-state index >= 15 is 0 Å². The van der Waals surface area contributed by atoms with Gasteiger partial charge in [0.05, 0.1) is 19.9 Å². The molecule has 3 rings (SSSR count). The molecule has 1 saturated heterocycles. The Morgan fingerprint density at radius 2 is 1.82 bits per heavy atom. The van der Waals surface area contributed by atoms with Gasteiger partial charge in [0, 0.05) is 49.1 Å². The van der Waals surface area contributed by atoms with Gasteiger partial charge in [0.1, 0.15) is 23.1 Å². The molecule has 6 nitrogen and oxygen atoms in total. The van der Waals surface area contributed by atoms with E-state index in [0.717, 1.165) is 30.7 Å². The lowest BCUT2D eigenvalue weighted by Gasteiger charge is -2.33. The fourth-order valence-electron chi connectivity index (χ4n) is 3.19. The van der Waals surface area contributed by atoms with Crippen LogP contribution in [0.3, 0.4) is 0 Å². The van der Waals surface area contributed by atoms with Crippen molar-refractivity contribution in [2.75, 3.05) is 37.9 Å². The monoisotopic (exact) mass is 391 g/mol. The molecule has 0 aliphatic carbocycles. The van der Waals surface area contributed by atoms with Crippen molar-refractivity contribution in [3.8, 4) is 11.5 Å². The van der Waals surface area contributed by atoms with Crippen molar-refractivity contribution in [1.82, 2.24) is 4.90 Å². The lowest BCUT2D eigenvalue weighted by Crippen LogP contribution is -2.46. The molecule has 0 spiro atoms. The Labute approximate surface area is 162 Å². The molecular weight excluding hydrogens is 368 g/mol. The molecule has 0 radical (unpaired) electrons. The molecule has 28 heavy (non-hydrogen) atoms. The highest BCUT2D eigenvalue weighted by Gasteiger charge is 2.24. The van der Waals surface area contributed by atoms with Crippen LogP contribution in [0.1, 0.15) is 12.8 Å². The minimum atomic E-state index is -0.802. The lowest BCUT2D eigenvalue weighted by atomic mass is 10.1. The number of methoxy groups -OCH3 is 2. The van der Waals surface area contributed by atoms with Gasteiger partial charge in [-0.1, -0.05) is 0 Å². The van der Waals surface area contributed by atoms with Gasteiger partial charge in [-0.3, -0.25) is 0 Å². The first-order valence-electron chi connectivity index (χ1n) is 8.99. The number of carbonyl (C=O) groups is 1. The van der Waals surface area contributed by atoms with Gasteiger partial charge in [-0.2, -0.15) is 0 Å². The highest BCUT2D eigenvalue weighted by Crippen LogP contribution is 2.27. The van der Waals surface area contributed by atoms with Crippen LogP contribution in [0.2, 0.25) is 0 Å². The van der Waals surface area contributed by atoms with Gasteiger partial charge in [0.2, 0.25) is 0 Å². The minimum Gasteiger partial charge on any atom is -0.497 e. The molecule has 2 aromatic rings. The van der Waals surface area contributed by atoms with Gasteiger partial charge in [-0.15, -0.1) is 0 Å². The van der Waals surface area contributed by atoms with Crippen LogP contribution < -0.4 is 20.1 Å². The Morgan fingerprint density at radius 1 is 1.11 bits per heavy atom. The number of halogens is 2. The van der Waals surface area contributed by atoms with Gasteiger partial charge in [-0.05, 0) is 25.0 Å². The Bertz CT molecular complexity index is 825. The zero-order chi connectivity index (χ0) is 20.1. The number of nitrogens with one attached hydrogen (secondary N) is 2. The van der Waals surface area contributed by atoms with Crippen molar-refractivity contribution < 1.29 is 23.0 Å². The van der Waals surface area contributed by atoms with Crippen LogP contribution in [-0.4, -0.2) is 44.3 Å². The largest absolute Gasteiger partial charge is 0.497 e. The molecule has 0 saturated carbocycles. The average molecular weight is 391 g/mol. The highest BCUT2D eigenvalue weighted by atomic mass is 19.1. The summed E-state index contributed by atoms with van der Waals surface area (Å²) < 4.78 is 37.3. The maximum atomic E-state index is 13.8. The zero-order valence-corrected chi connectivity index (χ0v) is 15.8. The number of nitrogens with zero attached hydrogens (tertiary/aromatic N) is 1. The summed E-state index contributed by atoms with van der Waals surface area (Å²) in [5.41, 5.74) is 0.784. The normalized spacial score (nSPS) is 16.4. The molecule has 1 aliphatic rings. The molecule has 1 heterocycles. The van der Waals surface area contributed by atoms with Crippen LogP contribution in [0.4, 0.5) is 25.0 Å². The molecule has 8 heteroatoms. The van der Waals surface area contributed by atoms with Crippen molar-refractivity contribution in [3.63, 3.8) is 0 Å². The molecule has 2 amide bonds. The SMILES string of the molecule is COc1cc(N[C@@H]2CCCN(C(=O)Nc3ccc(F)cc3F)C2)cc(OC)c1. The van der Waals surface area contributed by atoms with E-state index in [1.807, 2.05) is 12.1 Å². The maximum absolute atomic E-state index is 13.8. The second-order valence-electron chi connectivity index (χ2n) is 6.59. The van der Waals surface area contributed by atoms with Crippen LogP contribution in [-0.2, 0) is 0 Å². The van der Waals surface area contributed by atoms with Crippen molar-refractivity contribution in [3.05, 3.63) is 48.0 Å². The number of amides is 2. The average Bonchev–Trinajstić information content (AvgIpc) is 2.69. The molecule has 0 bridgehead atoms. The Kier molecular flexibility index (Phi) is 6.18. The third-order valence-electron chi connectivity index (χ3n) is 4.60. The van der Waals surface area contributed by atoms with Gasteiger partial charge < -0.3 is 25.0 Å². The number of rotatable bonds is 5. The summed E-state index contributed by atoms with van der Waals surface area (Å²) in [6.07, 6.45) is 1.69. The summed E-state index contributed by atoms with van der Waals surface area (Å²) in [6.45, 7) is 1.02. The standard InChI is InChI=1S/C20H23F2N3O3/c1-27-16-9-15(10-17(11-16)28-2)23-14-4-3-7-25(12-14)20(26)24-19-6-5-13(21)8-18(19)22/h5-6,8-11,14,23H,3-4,7,12H2,1-2H3,(H,24,26)/t14-/m1/s1. The van der Waals surface area contributed by atoms with E-state index in [1.165, 1.54) is 6.07 Å². The van der Waals surface area contributed by atoms with Gasteiger partial charge in [-0.25, -0.2) is 13.6 Å². The number of hydrogen-bond acceptors (Lipinski definition) is 4. The van der Waals surface area contributed by atoms with Gasteiger partial charge in [0.15, 0.2) is 0 Å². The summed E-state index contributed by atoms with van der Waals surface area (Å²) in [7, 11) is 3.17. The van der Waals surface area contributed by atoms with E-state index in [2.05, 4.69) is 10.6 Å². The first-order valence-corrected chi connectivity index (χ1v) is 8.99. The Morgan fingerprint density at radius 3 is 2.46 bits per heavy atom. The van der Waals surface area contributed by atoms with Crippen molar-refractivity contribution in [2.24, 2.45) is 0 Å². The Hall–Kier alpha value is -3.03. The molecule has 1 fully saturated rings. The number of carbonyl (C=O) groups excluding carboxylic acids is 1. The number of piperidine rings is 1. The third-order valence-corrected chi connectivity index (χ3v) is 4.60. The van der Waals surface area contributed by atoms with E-state index < -0.39 is 17.7 Å². The molecule has 2 N–H and O–H groups in total. The van der Waals surface area contributed by atoms with Crippen LogP contribution in [0, 0.1) is 11.6 Å². The predicted octanol–water partition coefficient (Wildman–Crippen LogP) is 4.09. The first-order chi connectivity index (χ1) is 13.5. The Balaban J connectivity index is 1.64. The molecule has 150 valence electrons. The van der Waals surface area contributed by atoms with Crippen molar-refractivity contribution in [1.29, 1.82) is 0 Å². The molecule has 0 unspecified atom stereocenters. The van der Waals surface area contributed by atoms with E-state index in [4.69, 9.17) is 9.47 Å². The first kappa shape index (κ1) is 19.7. The minimum absolute atomic E-state index is 0.0226. The number of ether oxygens (including phenoxy) is 2. The number of anilines is 2. The summed E-state index contributed by atoms with van der Waals surface area (Å²) >= 11 is 0. The predicted molar refractivity (Wildman–Crippen MR) is 103 cm³/mol. The quantitative estimate of drug-likeness (QED) is 0.806. The van der Waals surface area contributed by atoms with Crippen molar-refractivity contribution in [2.45, 2.75) is 18.9 Å². The van der Waals surface area contributed by atoms with Crippen molar-refractivity contribution >= 4 is 17.4 Å². The summed E-state index contributed by atoms with van der Waals surface area (Å²) in [5, 5.41) is 5.90. The van der Waals surface area contributed by atoms with Crippen LogP contribution >= 0.6 is 0 Å². The third kappa shape index (κ3) is 4.82. The van der Waals surface area contributed by atoms with Crippen LogP contribution in [0.15, 0.2) is 36.4 Å². The van der Waals surface area contributed by atoms with E-state index in [0.29, 0.717) is 24.6 Å². The molecular formula is C20H23F2N3O3. The zero-order valence-electron chi connectivity index (χ0n) is 15.8. The smallest absolute Gasteiger partial charge is 0.321 e. The number of hydrogen-bond donors (Lipinski definition) is 2. The van der Waals surface area contributed by atoms with Crippen LogP contribution in [0.25, 0.3) is 0 Å². The second-order valence-corrected chi connectivity index (χ2v) is 6.59. The number of urea groups is 1. The molecule has 1 aliphatic heterocycles. The highest BCUT2D eigenvalue weighted by molar-refractivity contribution is 5.89.